The van der Waals surface area contributed by atoms with E-state index < -0.39 is 30.1 Å². The van der Waals surface area contributed by atoms with E-state index in [0.717, 1.165) is 0 Å². The van der Waals surface area contributed by atoms with Gasteiger partial charge in [-0.25, -0.2) is 0 Å². The van der Waals surface area contributed by atoms with E-state index in [0.29, 0.717) is 12.0 Å². The van der Waals surface area contributed by atoms with Gasteiger partial charge in [-0.2, -0.15) is 0 Å². The summed E-state index contributed by atoms with van der Waals surface area (Å²) in [5.74, 6) is -2.58. The van der Waals surface area contributed by atoms with E-state index in [-0.39, 0.29) is 60.1 Å². The molecule has 0 amide bonds. The first kappa shape index (κ1) is 33.1. The second-order valence-electron chi connectivity index (χ2n) is 10.7. The van der Waals surface area contributed by atoms with Crippen LogP contribution in [0.4, 0.5) is 0 Å². The maximum Gasteiger partial charge on any atom is 0.323 e. The van der Waals surface area contributed by atoms with Crippen LogP contribution in [0.5, 0.6) is 11.5 Å². The fourth-order valence-corrected chi connectivity index (χ4v) is 2.95. The highest BCUT2D eigenvalue weighted by atomic mass is 16.6. The van der Waals surface area contributed by atoms with Crippen molar-refractivity contribution in [1.82, 2.24) is 0 Å². The first-order chi connectivity index (χ1) is 17.7. The van der Waals surface area contributed by atoms with Crippen LogP contribution in [0.3, 0.4) is 0 Å². The number of hydrogen-bond acceptors (Lipinski definition) is 9. The summed E-state index contributed by atoms with van der Waals surface area (Å²) in [7, 11) is 0. The molecule has 0 bridgehead atoms. The van der Waals surface area contributed by atoms with Crippen molar-refractivity contribution >= 4 is 23.9 Å². The lowest BCUT2D eigenvalue weighted by Crippen LogP contribution is -2.36. The predicted octanol–water partition coefficient (Wildman–Crippen LogP) is 4.47. The van der Waals surface area contributed by atoms with Crippen molar-refractivity contribution in [1.29, 1.82) is 0 Å². The van der Waals surface area contributed by atoms with Crippen LogP contribution in [0.1, 0.15) is 74.3 Å². The van der Waals surface area contributed by atoms with Crippen LogP contribution in [0.15, 0.2) is 18.2 Å². The summed E-state index contributed by atoms with van der Waals surface area (Å²) in [6, 6.07) is 3.70. The first-order valence-corrected chi connectivity index (χ1v) is 13.4. The highest BCUT2D eigenvalue weighted by Gasteiger charge is 2.25. The van der Waals surface area contributed by atoms with Crippen molar-refractivity contribution in [2.24, 2.45) is 35.3 Å². The van der Waals surface area contributed by atoms with Crippen LogP contribution < -0.4 is 15.2 Å². The van der Waals surface area contributed by atoms with Crippen molar-refractivity contribution in [3.8, 4) is 11.5 Å². The standard InChI is InChI=1S/C29H45NO8/c1-10-18(6)26(31)36-19(7)15-35-29(34)23(30)13-22-11-12-24(37-27(32)20(8)16(2)3)25(14-22)38-28(33)21(9)17(4)5/h11-12,14,16-21,23H,10,13,15,30H2,1-9H3/t18?,19-,20?,21?,23-/m0/s1. The molecule has 0 aliphatic rings. The van der Waals surface area contributed by atoms with Crippen molar-refractivity contribution in [2.45, 2.75) is 87.3 Å². The lowest BCUT2D eigenvalue weighted by Gasteiger charge is -2.19. The Morgan fingerprint density at radius 2 is 1.29 bits per heavy atom. The van der Waals surface area contributed by atoms with Crippen molar-refractivity contribution < 1.29 is 38.1 Å². The second-order valence-corrected chi connectivity index (χ2v) is 10.7. The Labute approximate surface area is 226 Å². The van der Waals surface area contributed by atoms with Crippen molar-refractivity contribution in [3.63, 3.8) is 0 Å². The zero-order valence-corrected chi connectivity index (χ0v) is 24.2. The Balaban J connectivity index is 2.97. The lowest BCUT2D eigenvalue weighted by atomic mass is 9.98. The molecule has 0 aliphatic carbocycles. The number of ether oxygens (including phenoxy) is 4. The van der Waals surface area contributed by atoms with Gasteiger partial charge in [0.15, 0.2) is 11.5 Å². The van der Waals surface area contributed by atoms with Gasteiger partial charge in [0.1, 0.15) is 18.8 Å². The van der Waals surface area contributed by atoms with Gasteiger partial charge in [0, 0.05) is 0 Å². The average molecular weight is 536 g/mol. The summed E-state index contributed by atoms with van der Waals surface area (Å²) in [6.45, 7) is 16.3. The Morgan fingerprint density at radius 1 is 0.763 bits per heavy atom. The number of benzene rings is 1. The molecule has 3 unspecified atom stereocenters. The van der Waals surface area contributed by atoms with E-state index in [9.17, 15) is 19.2 Å². The number of nitrogens with two attached hydrogens (primary N) is 1. The fourth-order valence-electron chi connectivity index (χ4n) is 2.95. The molecular weight excluding hydrogens is 490 g/mol. The SMILES string of the molecule is CCC(C)C(=O)O[C@@H](C)COC(=O)[C@@H](N)Cc1ccc(OC(=O)C(C)C(C)C)c(OC(=O)C(C)C(C)C)c1. The molecule has 0 aliphatic heterocycles. The number of rotatable bonds is 14. The summed E-state index contributed by atoms with van der Waals surface area (Å²) in [6.07, 6.45) is 0.128. The topological polar surface area (TPSA) is 131 Å². The van der Waals surface area contributed by atoms with Crippen LogP contribution in [-0.2, 0) is 35.1 Å². The van der Waals surface area contributed by atoms with E-state index in [2.05, 4.69) is 0 Å². The molecule has 0 aromatic heterocycles. The van der Waals surface area contributed by atoms with Crippen molar-refractivity contribution in [2.75, 3.05) is 6.61 Å². The van der Waals surface area contributed by atoms with Crippen LogP contribution in [-0.4, -0.2) is 42.6 Å². The summed E-state index contributed by atoms with van der Waals surface area (Å²) in [5.41, 5.74) is 6.65. The molecule has 0 heterocycles. The molecule has 0 spiro atoms. The third-order valence-electron chi connectivity index (χ3n) is 6.72. The van der Waals surface area contributed by atoms with E-state index >= 15 is 0 Å². The minimum Gasteiger partial charge on any atom is -0.461 e. The van der Waals surface area contributed by atoms with Gasteiger partial charge in [-0.1, -0.05) is 61.5 Å². The largest absolute Gasteiger partial charge is 0.461 e. The van der Waals surface area contributed by atoms with Gasteiger partial charge in [0.2, 0.25) is 0 Å². The summed E-state index contributed by atoms with van der Waals surface area (Å²) in [5, 5.41) is 0. The van der Waals surface area contributed by atoms with E-state index in [1.807, 2.05) is 34.6 Å². The van der Waals surface area contributed by atoms with E-state index in [1.54, 1.807) is 33.8 Å². The van der Waals surface area contributed by atoms with Gasteiger partial charge in [-0.05, 0) is 49.3 Å². The molecule has 1 aromatic carbocycles. The maximum atomic E-state index is 12.7. The zero-order chi connectivity index (χ0) is 29.2. The van der Waals surface area contributed by atoms with Crippen LogP contribution in [0.2, 0.25) is 0 Å². The molecule has 1 aromatic rings. The van der Waals surface area contributed by atoms with Crippen molar-refractivity contribution in [3.05, 3.63) is 23.8 Å². The van der Waals surface area contributed by atoms with Gasteiger partial charge in [-0.3, -0.25) is 19.2 Å². The quantitative estimate of drug-likeness (QED) is 0.271. The molecule has 0 saturated carbocycles. The maximum absolute atomic E-state index is 12.7. The smallest absolute Gasteiger partial charge is 0.323 e. The number of esters is 4. The highest BCUT2D eigenvalue weighted by Crippen LogP contribution is 2.31. The molecule has 0 fully saturated rings. The Morgan fingerprint density at radius 3 is 1.79 bits per heavy atom. The zero-order valence-electron chi connectivity index (χ0n) is 24.2. The van der Waals surface area contributed by atoms with Gasteiger partial charge in [-0.15, -0.1) is 0 Å². The molecule has 2 N–H and O–H groups in total. The van der Waals surface area contributed by atoms with Crippen LogP contribution >= 0.6 is 0 Å². The van der Waals surface area contributed by atoms with Crippen LogP contribution in [0, 0.1) is 29.6 Å². The number of carbonyl (C=O) groups is 4. The Bertz CT molecular complexity index is 958. The molecule has 0 saturated heterocycles. The first-order valence-electron chi connectivity index (χ1n) is 13.4. The monoisotopic (exact) mass is 535 g/mol. The molecule has 9 heteroatoms. The predicted molar refractivity (Wildman–Crippen MR) is 143 cm³/mol. The number of carbonyl (C=O) groups excluding carboxylic acids is 4. The molecular formula is C29H45NO8. The number of hydrogen-bond donors (Lipinski definition) is 1. The molecule has 0 radical (unpaired) electrons. The lowest BCUT2D eigenvalue weighted by molar-refractivity contribution is -0.161. The van der Waals surface area contributed by atoms with Gasteiger partial charge >= 0.3 is 23.9 Å². The molecule has 1 rings (SSSR count). The molecule has 5 atom stereocenters. The Hall–Kier alpha value is -2.94. The fraction of sp³-hybridized carbons (Fsp3) is 0.655. The third kappa shape index (κ3) is 10.4. The second kappa shape index (κ2) is 15.5. The molecule has 214 valence electrons. The minimum absolute atomic E-state index is 0.0488. The third-order valence-corrected chi connectivity index (χ3v) is 6.72. The highest BCUT2D eigenvalue weighted by molar-refractivity contribution is 5.79. The van der Waals surface area contributed by atoms with E-state index in [1.165, 1.54) is 12.1 Å². The Kier molecular flexibility index (Phi) is 13.5. The van der Waals surface area contributed by atoms with Gasteiger partial charge in [0.05, 0.1) is 17.8 Å². The van der Waals surface area contributed by atoms with Gasteiger partial charge < -0.3 is 24.7 Å². The summed E-state index contributed by atoms with van der Waals surface area (Å²) >= 11 is 0. The minimum atomic E-state index is -1.01. The average Bonchev–Trinajstić information content (AvgIpc) is 2.86. The normalized spacial score (nSPS) is 15.3. The van der Waals surface area contributed by atoms with Crippen LogP contribution in [0.25, 0.3) is 0 Å². The summed E-state index contributed by atoms with van der Waals surface area (Å²) < 4.78 is 21.7. The van der Waals surface area contributed by atoms with Gasteiger partial charge in [0.25, 0.3) is 0 Å². The summed E-state index contributed by atoms with van der Waals surface area (Å²) in [4.78, 5) is 49.6. The molecule has 9 nitrogen and oxygen atoms in total. The van der Waals surface area contributed by atoms with E-state index in [4.69, 9.17) is 24.7 Å². The molecule has 38 heavy (non-hydrogen) atoms.